The standard InChI is InChI=1S/C23H33N6O5P/c1-15(2)34-23(30)18(5)28-35(31,33-11-19-9-7-6-8-16(19)3)14-32-17(4)10-29-13-27-20-21(24)25-12-26-22(20)29/h6-9,12-13,15,17-18H,10-11,14H2,1-5H3,(H,28,31)(H2,24,25,26)/t17-,18-,35?/m1/s1. The van der Waals surface area contributed by atoms with Gasteiger partial charge in [-0.1, -0.05) is 24.3 Å². The third-order valence-corrected chi connectivity index (χ3v) is 7.01. The maximum atomic E-state index is 13.7. The molecule has 190 valence electrons. The molecule has 1 aromatic carbocycles. The quantitative estimate of drug-likeness (QED) is 0.278. The van der Waals surface area contributed by atoms with Crippen molar-refractivity contribution in [3.05, 3.63) is 48.0 Å². The van der Waals surface area contributed by atoms with E-state index >= 15 is 0 Å². The molecule has 35 heavy (non-hydrogen) atoms. The third-order valence-electron chi connectivity index (χ3n) is 5.20. The van der Waals surface area contributed by atoms with E-state index in [2.05, 4.69) is 20.0 Å². The van der Waals surface area contributed by atoms with Crippen molar-refractivity contribution < 1.29 is 23.4 Å². The number of fused-ring (bicyclic) bond motifs is 1. The number of ether oxygens (including phenoxy) is 2. The summed E-state index contributed by atoms with van der Waals surface area (Å²) in [6, 6.07) is 6.80. The van der Waals surface area contributed by atoms with Crippen LogP contribution in [0.25, 0.3) is 11.2 Å². The zero-order chi connectivity index (χ0) is 25.6. The average molecular weight is 505 g/mol. The van der Waals surface area contributed by atoms with Gasteiger partial charge in [0, 0.05) is 0 Å². The lowest BCUT2D eigenvalue weighted by Crippen LogP contribution is -2.36. The van der Waals surface area contributed by atoms with Crippen molar-refractivity contribution in [2.45, 2.75) is 66.0 Å². The maximum Gasteiger partial charge on any atom is 0.323 e. The third kappa shape index (κ3) is 7.32. The van der Waals surface area contributed by atoms with Crippen molar-refractivity contribution in [3.63, 3.8) is 0 Å². The summed E-state index contributed by atoms with van der Waals surface area (Å²) in [6.07, 6.45) is 2.06. The number of imidazole rings is 1. The van der Waals surface area contributed by atoms with Crippen LogP contribution >= 0.6 is 7.52 Å². The maximum absolute atomic E-state index is 13.7. The molecule has 0 aliphatic rings. The molecule has 3 rings (SSSR count). The Kier molecular flexibility index (Phi) is 8.96. The van der Waals surface area contributed by atoms with Crippen LogP contribution in [-0.4, -0.2) is 50.1 Å². The molecule has 0 bridgehead atoms. The first-order valence-electron chi connectivity index (χ1n) is 11.4. The summed E-state index contributed by atoms with van der Waals surface area (Å²) >= 11 is 0. The Labute approximate surface area is 204 Å². The van der Waals surface area contributed by atoms with Gasteiger partial charge in [0.05, 0.1) is 31.7 Å². The topological polar surface area (TPSA) is 143 Å². The van der Waals surface area contributed by atoms with Crippen molar-refractivity contribution in [2.24, 2.45) is 0 Å². The molecule has 0 radical (unpaired) electrons. The lowest BCUT2D eigenvalue weighted by Gasteiger charge is -2.25. The van der Waals surface area contributed by atoms with Gasteiger partial charge in [-0.3, -0.25) is 9.36 Å². The molecule has 12 heteroatoms. The number of nitrogen functional groups attached to an aromatic ring is 1. The summed E-state index contributed by atoms with van der Waals surface area (Å²) in [7, 11) is -3.60. The van der Waals surface area contributed by atoms with Crippen molar-refractivity contribution >= 4 is 30.5 Å². The lowest BCUT2D eigenvalue weighted by molar-refractivity contribution is -0.149. The van der Waals surface area contributed by atoms with Crippen LogP contribution in [0.4, 0.5) is 5.82 Å². The van der Waals surface area contributed by atoms with E-state index in [-0.39, 0.29) is 25.2 Å². The first kappa shape index (κ1) is 26.7. The second-order valence-electron chi connectivity index (χ2n) is 8.64. The van der Waals surface area contributed by atoms with E-state index in [1.807, 2.05) is 38.1 Å². The number of nitrogens with zero attached hydrogens (tertiary/aromatic N) is 4. The lowest BCUT2D eigenvalue weighted by atomic mass is 10.1. The van der Waals surface area contributed by atoms with Gasteiger partial charge in [-0.15, -0.1) is 0 Å². The van der Waals surface area contributed by atoms with Gasteiger partial charge in [0.1, 0.15) is 24.2 Å². The van der Waals surface area contributed by atoms with Crippen molar-refractivity contribution in [3.8, 4) is 0 Å². The Morgan fingerprint density at radius 2 is 1.91 bits per heavy atom. The number of esters is 1. The van der Waals surface area contributed by atoms with Crippen molar-refractivity contribution in [2.75, 3.05) is 12.1 Å². The average Bonchev–Trinajstić information content (AvgIpc) is 3.21. The number of nitrogens with one attached hydrogen (secondary N) is 1. The Balaban J connectivity index is 1.69. The molecule has 0 aliphatic carbocycles. The summed E-state index contributed by atoms with van der Waals surface area (Å²) in [4.78, 5) is 24.7. The molecule has 1 unspecified atom stereocenters. The summed E-state index contributed by atoms with van der Waals surface area (Å²) in [6.45, 7) is 9.35. The van der Waals surface area contributed by atoms with Gasteiger partial charge in [0.2, 0.25) is 0 Å². The Morgan fingerprint density at radius 1 is 1.17 bits per heavy atom. The van der Waals surface area contributed by atoms with E-state index in [9.17, 15) is 9.36 Å². The van der Waals surface area contributed by atoms with Crippen molar-refractivity contribution in [1.82, 2.24) is 24.6 Å². The summed E-state index contributed by atoms with van der Waals surface area (Å²) in [5.74, 6) is -0.224. The molecule has 3 aromatic rings. The van der Waals surface area contributed by atoms with Crippen LogP contribution in [0, 0.1) is 6.92 Å². The monoisotopic (exact) mass is 504 g/mol. The van der Waals surface area contributed by atoms with Gasteiger partial charge in [-0.2, -0.15) is 0 Å². The number of aryl methyl sites for hydroxylation is 1. The predicted molar refractivity (Wildman–Crippen MR) is 133 cm³/mol. The van der Waals surface area contributed by atoms with E-state index in [0.717, 1.165) is 11.1 Å². The smallest absolute Gasteiger partial charge is 0.323 e. The molecule has 2 heterocycles. The molecule has 0 saturated carbocycles. The van der Waals surface area contributed by atoms with E-state index in [0.29, 0.717) is 23.5 Å². The number of carbonyl (C=O) groups is 1. The first-order valence-corrected chi connectivity index (χ1v) is 13.2. The molecule has 0 aliphatic heterocycles. The van der Waals surface area contributed by atoms with Crippen LogP contribution in [0.15, 0.2) is 36.9 Å². The van der Waals surface area contributed by atoms with Gasteiger partial charge in [-0.05, 0) is 45.7 Å². The first-order chi connectivity index (χ1) is 16.6. The molecule has 2 aromatic heterocycles. The molecule has 3 N–H and O–H groups in total. The van der Waals surface area contributed by atoms with Gasteiger partial charge >= 0.3 is 5.97 Å². The predicted octanol–water partition coefficient (Wildman–Crippen LogP) is 3.42. The highest BCUT2D eigenvalue weighted by Gasteiger charge is 2.31. The highest BCUT2D eigenvalue weighted by Crippen LogP contribution is 2.44. The van der Waals surface area contributed by atoms with Crippen LogP contribution in [0.2, 0.25) is 0 Å². The second-order valence-corrected chi connectivity index (χ2v) is 10.8. The van der Waals surface area contributed by atoms with E-state index in [1.165, 1.54) is 6.33 Å². The molecular formula is C23H33N6O5P. The van der Waals surface area contributed by atoms with Crippen LogP contribution in [0.5, 0.6) is 0 Å². The number of hydrogen-bond acceptors (Lipinski definition) is 9. The SMILES string of the molecule is Cc1ccccc1COP(=O)(CO[C@H](C)Cn1cnc2c(N)ncnc21)N[C@H](C)C(=O)OC(C)C. The van der Waals surface area contributed by atoms with Crippen LogP contribution in [0.1, 0.15) is 38.8 Å². The number of benzene rings is 1. The van der Waals surface area contributed by atoms with Gasteiger partial charge in [-0.25, -0.2) is 20.0 Å². The molecule has 0 fully saturated rings. The number of rotatable bonds is 12. The molecular weight excluding hydrogens is 471 g/mol. The van der Waals surface area contributed by atoms with Gasteiger partial charge in [0.15, 0.2) is 11.5 Å². The van der Waals surface area contributed by atoms with E-state index in [4.69, 9.17) is 19.7 Å². The van der Waals surface area contributed by atoms with E-state index < -0.39 is 19.5 Å². The number of hydrogen-bond donors (Lipinski definition) is 2. The normalized spacial score (nSPS) is 15.1. The van der Waals surface area contributed by atoms with E-state index in [1.54, 1.807) is 31.7 Å². The fourth-order valence-electron chi connectivity index (χ4n) is 3.33. The zero-order valence-electron chi connectivity index (χ0n) is 20.7. The van der Waals surface area contributed by atoms with Crippen molar-refractivity contribution in [1.29, 1.82) is 0 Å². The molecule has 0 amide bonds. The Hall–Kier alpha value is -2.85. The summed E-state index contributed by atoms with van der Waals surface area (Å²) in [5.41, 5.74) is 8.83. The fraction of sp³-hybridized carbons (Fsp3) is 0.478. The number of carbonyl (C=O) groups excluding carboxylic acids is 1. The van der Waals surface area contributed by atoms with Crippen LogP contribution in [-0.2, 0) is 36.5 Å². The fourth-order valence-corrected chi connectivity index (χ4v) is 5.04. The minimum atomic E-state index is -3.60. The number of nitrogens with two attached hydrogens (primary N) is 1. The van der Waals surface area contributed by atoms with Gasteiger partial charge < -0.3 is 24.3 Å². The summed E-state index contributed by atoms with van der Waals surface area (Å²) < 4.78 is 32.5. The minimum absolute atomic E-state index is 0.100. The zero-order valence-corrected chi connectivity index (χ0v) is 21.6. The van der Waals surface area contributed by atoms with Crippen LogP contribution < -0.4 is 10.8 Å². The molecule has 0 saturated heterocycles. The largest absolute Gasteiger partial charge is 0.462 e. The Morgan fingerprint density at radius 3 is 2.63 bits per heavy atom. The highest BCUT2D eigenvalue weighted by molar-refractivity contribution is 7.56. The second kappa shape index (κ2) is 11.7. The number of anilines is 1. The van der Waals surface area contributed by atoms with Gasteiger partial charge in [0.25, 0.3) is 7.52 Å². The summed E-state index contributed by atoms with van der Waals surface area (Å²) in [5, 5.41) is 2.82. The highest BCUT2D eigenvalue weighted by atomic mass is 31.2. The van der Waals surface area contributed by atoms with Crippen LogP contribution in [0.3, 0.4) is 0 Å². The number of aromatic nitrogens is 4. The Bertz CT molecular complexity index is 1200. The minimum Gasteiger partial charge on any atom is -0.462 e. The molecule has 11 nitrogen and oxygen atoms in total. The molecule has 0 spiro atoms. The molecule has 3 atom stereocenters.